The first-order valence-corrected chi connectivity index (χ1v) is 11.6. The summed E-state index contributed by atoms with van der Waals surface area (Å²) in [6.07, 6.45) is 7.94. The summed E-state index contributed by atoms with van der Waals surface area (Å²) in [6.45, 7) is 7.46. The molecule has 0 bridgehead atoms. The molecule has 0 unspecified atom stereocenters. The second-order valence-corrected chi connectivity index (χ2v) is 9.12. The van der Waals surface area contributed by atoms with E-state index in [4.69, 9.17) is 9.47 Å². The Labute approximate surface area is 181 Å². The summed E-state index contributed by atoms with van der Waals surface area (Å²) in [5.74, 6) is 2.65. The van der Waals surface area contributed by atoms with E-state index in [-0.39, 0.29) is 5.91 Å². The summed E-state index contributed by atoms with van der Waals surface area (Å²) in [5, 5.41) is 0. The monoisotopic (exact) mass is 415 g/mol. The van der Waals surface area contributed by atoms with Crippen LogP contribution in [0.2, 0.25) is 0 Å². The quantitative estimate of drug-likeness (QED) is 0.715. The lowest BCUT2D eigenvalue weighted by molar-refractivity contribution is -0.133. The molecule has 6 nitrogen and oxygen atoms in total. The number of amides is 1. The van der Waals surface area contributed by atoms with Crippen LogP contribution in [0.5, 0.6) is 11.5 Å². The van der Waals surface area contributed by atoms with E-state index in [2.05, 4.69) is 15.9 Å². The third kappa shape index (κ3) is 5.09. The van der Waals surface area contributed by atoms with Crippen LogP contribution >= 0.6 is 0 Å². The van der Waals surface area contributed by atoms with Gasteiger partial charge in [0.1, 0.15) is 0 Å². The first kappa shape index (κ1) is 21.4. The van der Waals surface area contributed by atoms with Crippen molar-refractivity contribution in [2.75, 3.05) is 60.0 Å². The fraction of sp³-hybridized carbons (Fsp3) is 0.708. The molecule has 166 valence electrons. The van der Waals surface area contributed by atoms with Crippen LogP contribution in [-0.2, 0) is 17.8 Å². The average Bonchev–Trinajstić information content (AvgIpc) is 2.79. The molecule has 0 aromatic heterocycles. The molecular weight excluding hydrogens is 378 g/mol. The Balaban J connectivity index is 1.26. The van der Waals surface area contributed by atoms with Gasteiger partial charge in [0.2, 0.25) is 5.91 Å². The van der Waals surface area contributed by atoms with E-state index in [1.807, 2.05) is 11.0 Å². The van der Waals surface area contributed by atoms with Gasteiger partial charge in [-0.05, 0) is 48.4 Å². The zero-order valence-electron chi connectivity index (χ0n) is 18.7. The van der Waals surface area contributed by atoms with Crippen molar-refractivity contribution >= 4 is 5.91 Å². The number of ether oxygens (including phenoxy) is 2. The maximum Gasteiger partial charge on any atom is 0.237 e. The summed E-state index contributed by atoms with van der Waals surface area (Å²) in [7, 11) is 3.32. The van der Waals surface area contributed by atoms with E-state index < -0.39 is 0 Å². The van der Waals surface area contributed by atoms with Gasteiger partial charge in [0.05, 0.1) is 20.8 Å². The van der Waals surface area contributed by atoms with Gasteiger partial charge in [-0.25, -0.2) is 0 Å². The second kappa shape index (κ2) is 10.0. The standard InChI is InChI=1S/C24H37N3O3/c1-29-22-14-20-8-9-27(17-21(20)15-23(22)30-2)24(28)18-26-12-10-25(11-13-26)16-19-6-4-3-5-7-19/h14-15,19H,3-13,16-18H2,1-2H3. The van der Waals surface area contributed by atoms with Crippen LogP contribution in [-0.4, -0.2) is 80.6 Å². The Morgan fingerprint density at radius 3 is 2.20 bits per heavy atom. The van der Waals surface area contributed by atoms with Crippen LogP contribution < -0.4 is 9.47 Å². The summed E-state index contributed by atoms with van der Waals surface area (Å²) in [4.78, 5) is 19.9. The molecular formula is C24H37N3O3. The zero-order chi connectivity index (χ0) is 20.9. The number of carbonyl (C=O) groups excluding carboxylic acids is 1. The van der Waals surface area contributed by atoms with Gasteiger partial charge < -0.3 is 19.3 Å². The van der Waals surface area contributed by atoms with E-state index >= 15 is 0 Å². The van der Waals surface area contributed by atoms with Crippen molar-refractivity contribution in [1.82, 2.24) is 14.7 Å². The molecule has 2 heterocycles. The maximum absolute atomic E-state index is 13.0. The van der Waals surface area contributed by atoms with Gasteiger partial charge in [-0.1, -0.05) is 19.3 Å². The Bertz CT molecular complexity index is 725. The molecule has 4 rings (SSSR count). The predicted molar refractivity (Wildman–Crippen MR) is 118 cm³/mol. The molecule has 2 fully saturated rings. The van der Waals surface area contributed by atoms with Crippen molar-refractivity contribution in [2.24, 2.45) is 5.92 Å². The first-order valence-electron chi connectivity index (χ1n) is 11.6. The molecule has 3 aliphatic rings. The van der Waals surface area contributed by atoms with Crippen LogP contribution in [0.15, 0.2) is 12.1 Å². The molecule has 1 amide bonds. The Morgan fingerprint density at radius 2 is 1.53 bits per heavy atom. The zero-order valence-corrected chi connectivity index (χ0v) is 18.7. The Morgan fingerprint density at radius 1 is 0.900 bits per heavy atom. The number of nitrogens with zero attached hydrogens (tertiary/aromatic N) is 3. The highest BCUT2D eigenvalue weighted by Gasteiger charge is 2.26. The number of hydrogen-bond acceptors (Lipinski definition) is 5. The lowest BCUT2D eigenvalue weighted by Crippen LogP contribution is -2.51. The Hall–Kier alpha value is -1.79. The lowest BCUT2D eigenvalue weighted by Gasteiger charge is -2.38. The number of carbonyl (C=O) groups is 1. The van der Waals surface area contributed by atoms with Crippen LogP contribution in [0, 0.1) is 5.92 Å². The van der Waals surface area contributed by atoms with Crippen molar-refractivity contribution in [3.8, 4) is 11.5 Å². The summed E-state index contributed by atoms with van der Waals surface area (Å²) < 4.78 is 10.9. The molecule has 1 aliphatic carbocycles. The third-order valence-electron chi connectivity index (χ3n) is 7.14. The number of rotatable bonds is 6. The molecule has 0 atom stereocenters. The third-order valence-corrected chi connectivity index (χ3v) is 7.14. The summed E-state index contributed by atoms with van der Waals surface area (Å²) in [6, 6.07) is 4.08. The molecule has 6 heteroatoms. The average molecular weight is 416 g/mol. The molecule has 0 spiro atoms. The number of benzene rings is 1. The van der Waals surface area contributed by atoms with Gasteiger partial charge in [-0.2, -0.15) is 0 Å². The van der Waals surface area contributed by atoms with Crippen LogP contribution in [0.4, 0.5) is 0 Å². The minimum absolute atomic E-state index is 0.246. The van der Waals surface area contributed by atoms with Gasteiger partial charge >= 0.3 is 0 Å². The molecule has 30 heavy (non-hydrogen) atoms. The lowest BCUT2D eigenvalue weighted by atomic mass is 9.89. The molecule has 1 saturated carbocycles. The van der Waals surface area contributed by atoms with E-state index in [1.165, 1.54) is 49.8 Å². The highest BCUT2D eigenvalue weighted by molar-refractivity contribution is 5.78. The van der Waals surface area contributed by atoms with Crippen molar-refractivity contribution < 1.29 is 14.3 Å². The number of hydrogen-bond donors (Lipinski definition) is 0. The molecule has 0 radical (unpaired) electrons. The molecule has 1 saturated heterocycles. The summed E-state index contributed by atoms with van der Waals surface area (Å²) >= 11 is 0. The first-order chi connectivity index (χ1) is 14.7. The van der Waals surface area contributed by atoms with E-state index in [0.717, 1.165) is 56.6 Å². The number of piperazine rings is 1. The second-order valence-electron chi connectivity index (χ2n) is 9.12. The fourth-order valence-electron chi connectivity index (χ4n) is 5.25. The van der Waals surface area contributed by atoms with Gasteiger partial charge in [0, 0.05) is 45.8 Å². The molecule has 0 N–H and O–H groups in total. The highest BCUT2D eigenvalue weighted by Crippen LogP contribution is 2.33. The maximum atomic E-state index is 13.0. The largest absolute Gasteiger partial charge is 0.493 e. The number of fused-ring (bicyclic) bond motifs is 1. The summed E-state index contributed by atoms with van der Waals surface area (Å²) in [5.41, 5.74) is 2.43. The topological polar surface area (TPSA) is 45.3 Å². The Kier molecular flexibility index (Phi) is 7.16. The fourth-order valence-corrected chi connectivity index (χ4v) is 5.25. The van der Waals surface area contributed by atoms with Gasteiger partial charge in [-0.15, -0.1) is 0 Å². The SMILES string of the molecule is COc1cc2c(cc1OC)CN(C(=O)CN1CCN(CC3CCCCC3)CC1)CC2. The van der Waals surface area contributed by atoms with E-state index in [9.17, 15) is 4.79 Å². The minimum Gasteiger partial charge on any atom is -0.493 e. The minimum atomic E-state index is 0.246. The van der Waals surface area contributed by atoms with Crippen LogP contribution in [0.1, 0.15) is 43.2 Å². The predicted octanol–water partition coefficient (Wildman–Crippen LogP) is 2.79. The molecule has 2 aliphatic heterocycles. The van der Waals surface area contributed by atoms with E-state index in [0.29, 0.717) is 13.1 Å². The van der Waals surface area contributed by atoms with E-state index in [1.54, 1.807) is 14.2 Å². The van der Waals surface area contributed by atoms with Crippen LogP contribution in [0.25, 0.3) is 0 Å². The molecule has 1 aromatic rings. The smallest absolute Gasteiger partial charge is 0.237 e. The van der Waals surface area contributed by atoms with Crippen molar-refractivity contribution in [3.63, 3.8) is 0 Å². The van der Waals surface area contributed by atoms with Gasteiger partial charge in [0.15, 0.2) is 11.5 Å². The van der Waals surface area contributed by atoms with Gasteiger partial charge in [-0.3, -0.25) is 9.69 Å². The molecule has 1 aromatic carbocycles. The van der Waals surface area contributed by atoms with Crippen molar-refractivity contribution in [3.05, 3.63) is 23.3 Å². The normalized spacial score (nSPS) is 21.3. The van der Waals surface area contributed by atoms with Crippen molar-refractivity contribution in [1.29, 1.82) is 0 Å². The van der Waals surface area contributed by atoms with Crippen molar-refractivity contribution in [2.45, 2.75) is 45.1 Å². The highest BCUT2D eigenvalue weighted by atomic mass is 16.5. The van der Waals surface area contributed by atoms with Crippen LogP contribution in [0.3, 0.4) is 0 Å². The van der Waals surface area contributed by atoms with Gasteiger partial charge in [0.25, 0.3) is 0 Å². The number of methoxy groups -OCH3 is 2.